The molecule has 0 aliphatic carbocycles. The highest BCUT2D eigenvalue weighted by molar-refractivity contribution is 5.76. The fraction of sp³-hybridized carbons (Fsp3) is 0.867. The van der Waals surface area contributed by atoms with Gasteiger partial charge < -0.3 is 20.1 Å². The first-order valence-corrected chi connectivity index (χ1v) is 7.81. The van der Waals surface area contributed by atoms with Crippen molar-refractivity contribution >= 4 is 12.0 Å². The molecule has 0 saturated carbocycles. The minimum Gasteiger partial charge on any atom is -0.480 e. The fourth-order valence-corrected chi connectivity index (χ4v) is 2.59. The summed E-state index contributed by atoms with van der Waals surface area (Å²) in [6, 6.07) is 0.162. The van der Waals surface area contributed by atoms with Gasteiger partial charge >= 0.3 is 12.0 Å². The van der Waals surface area contributed by atoms with Crippen molar-refractivity contribution in [2.45, 2.75) is 64.5 Å². The van der Waals surface area contributed by atoms with Crippen molar-refractivity contribution in [3.05, 3.63) is 0 Å². The van der Waals surface area contributed by atoms with Crippen LogP contribution in [0.2, 0.25) is 0 Å². The molecule has 0 radical (unpaired) electrons. The Labute approximate surface area is 126 Å². The van der Waals surface area contributed by atoms with Gasteiger partial charge in [-0.1, -0.05) is 33.1 Å². The van der Waals surface area contributed by atoms with Gasteiger partial charge in [-0.15, -0.1) is 0 Å². The number of urea groups is 1. The molecular weight excluding hydrogens is 272 g/mol. The summed E-state index contributed by atoms with van der Waals surface area (Å²) in [4.78, 5) is 24.3. The molecule has 1 atom stereocenters. The molecule has 1 fully saturated rings. The van der Waals surface area contributed by atoms with Crippen molar-refractivity contribution in [3.63, 3.8) is 0 Å². The highest BCUT2D eigenvalue weighted by Gasteiger charge is 2.43. The van der Waals surface area contributed by atoms with E-state index in [-0.39, 0.29) is 18.7 Å². The lowest BCUT2D eigenvalue weighted by Crippen LogP contribution is -2.65. The number of nitrogens with one attached hydrogen (secondary N) is 1. The molecule has 2 N–H and O–H groups in total. The van der Waals surface area contributed by atoms with E-state index in [1.165, 1.54) is 0 Å². The number of ether oxygens (including phenoxy) is 1. The van der Waals surface area contributed by atoms with Crippen molar-refractivity contribution in [1.82, 2.24) is 10.2 Å². The maximum atomic E-state index is 12.1. The Kier molecular flexibility index (Phi) is 6.95. The lowest BCUT2D eigenvalue weighted by molar-refractivity contribution is -0.159. The number of amides is 2. The van der Waals surface area contributed by atoms with Crippen LogP contribution in [-0.2, 0) is 9.53 Å². The number of carbonyl (C=O) groups is 2. The Balaban J connectivity index is 2.34. The predicted octanol–water partition coefficient (Wildman–Crippen LogP) is 2.23. The minimum absolute atomic E-state index is 0.0686. The maximum absolute atomic E-state index is 12.1. The number of hydrogen-bond donors (Lipinski definition) is 2. The lowest BCUT2D eigenvalue weighted by atomic mass is 9.97. The quantitative estimate of drug-likeness (QED) is 0.684. The first-order valence-electron chi connectivity index (χ1n) is 7.81. The van der Waals surface area contributed by atoms with E-state index < -0.39 is 11.6 Å². The van der Waals surface area contributed by atoms with Gasteiger partial charge in [0.1, 0.15) is 12.2 Å². The van der Waals surface area contributed by atoms with Crippen LogP contribution in [0.4, 0.5) is 4.79 Å². The second-order valence-electron chi connectivity index (χ2n) is 6.07. The second kappa shape index (κ2) is 8.22. The van der Waals surface area contributed by atoms with Crippen molar-refractivity contribution < 1.29 is 19.4 Å². The highest BCUT2D eigenvalue weighted by Crippen LogP contribution is 2.24. The first kappa shape index (κ1) is 17.8. The van der Waals surface area contributed by atoms with Gasteiger partial charge in [-0.05, 0) is 19.8 Å². The third-order valence-electron chi connectivity index (χ3n) is 3.75. The fourth-order valence-electron chi connectivity index (χ4n) is 2.59. The van der Waals surface area contributed by atoms with Gasteiger partial charge in [-0.3, -0.25) is 0 Å². The van der Waals surface area contributed by atoms with Gasteiger partial charge in [0.2, 0.25) is 0 Å². The Morgan fingerprint density at radius 3 is 2.48 bits per heavy atom. The Hall–Kier alpha value is -1.30. The Bertz CT molecular complexity index is 354. The Morgan fingerprint density at radius 2 is 1.95 bits per heavy atom. The van der Waals surface area contributed by atoms with Gasteiger partial charge in [0.25, 0.3) is 0 Å². The molecule has 1 unspecified atom stereocenters. The normalized spacial score (nSPS) is 18.0. The van der Waals surface area contributed by atoms with Crippen LogP contribution in [0.15, 0.2) is 0 Å². The number of unbranched alkanes of at least 4 members (excludes halogenated alkanes) is 1. The van der Waals surface area contributed by atoms with Crippen LogP contribution >= 0.6 is 0 Å². The van der Waals surface area contributed by atoms with Crippen LogP contribution in [0.5, 0.6) is 0 Å². The molecule has 0 aromatic carbocycles. The van der Waals surface area contributed by atoms with Crippen LogP contribution in [0, 0.1) is 0 Å². The molecule has 1 rings (SSSR count). The monoisotopic (exact) mass is 300 g/mol. The summed E-state index contributed by atoms with van der Waals surface area (Å²) in [5.74, 6) is -0.985. The average molecular weight is 300 g/mol. The summed E-state index contributed by atoms with van der Waals surface area (Å²) >= 11 is 0. The SMILES string of the molecule is CCCCC(CCC)NC(=O)N1CC(C)(OCC(=O)O)C1. The molecule has 0 spiro atoms. The first-order chi connectivity index (χ1) is 9.90. The number of nitrogens with zero attached hydrogens (tertiary/aromatic N) is 1. The minimum atomic E-state index is -0.985. The molecule has 6 heteroatoms. The molecule has 0 aromatic rings. The van der Waals surface area contributed by atoms with Crippen molar-refractivity contribution in [3.8, 4) is 0 Å². The summed E-state index contributed by atoms with van der Waals surface area (Å²) in [6.07, 6.45) is 5.29. The third kappa shape index (κ3) is 5.91. The number of hydrogen-bond acceptors (Lipinski definition) is 3. The molecule has 122 valence electrons. The third-order valence-corrected chi connectivity index (χ3v) is 3.75. The van der Waals surface area contributed by atoms with Gasteiger partial charge in [0.05, 0.1) is 13.1 Å². The molecule has 0 bridgehead atoms. The summed E-state index contributed by atoms with van der Waals surface area (Å²) in [5.41, 5.74) is -0.528. The zero-order chi connectivity index (χ0) is 15.9. The van der Waals surface area contributed by atoms with Crippen LogP contribution in [-0.4, -0.2) is 53.3 Å². The number of carboxylic acids is 1. The van der Waals surface area contributed by atoms with Crippen molar-refractivity contribution in [2.75, 3.05) is 19.7 Å². The van der Waals surface area contributed by atoms with Crippen LogP contribution in [0.3, 0.4) is 0 Å². The zero-order valence-electron chi connectivity index (χ0n) is 13.4. The molecule has 21 heavy (non-hydrogen) atoms. The number of carbonyl (C=O) groups excluding carboxylic acids is 1. The van der Waals surface area contributed by atoms with Crippen molar-refractivity contribution in [1.29, 1.82) is 0 Å². The summed E-state index contributed by atoms with van der Waals surface area (Å²) in [7, 11) is 0. The zero-order valence-corrected chi connectivity index (χ0v) is 13.4. The largest absolute Gasteiger partial charge is 0.480 e. The Morgan fingerprint density at radius 1 is 1.29 bits per heavy atom. The molecule has 1 saturated heterocycles. The number of rotatable bonds is 9. The molecule has 1 aliphatic heterocycles. The second-order valence-corrected chi connectivity index (χ2v) is 6.07. The highest BCUT2D eigenvalue weighted by atomic mass is 16.5. The van der Waals surface area contributed by atoms with Gasteiger partial charge in [-0.2, -0.15) is 0 Å². The topological polar surface area (TPSA) is 78.9 Å². The summed E-state index contributed by atoms with van der Waals surface area (Å²) in [6.45, 7) is 6.66. The number of aliphatic carboxylic acids is 1. The van der Waals surface area contributed by atoms with Crippen LogP contribution < -0.4 is 5.32 Å². The smallest absolute Gasteiger partial charge is 0.329 e. The summed E-state index contributed by atoms with van der Waals surface area (Å²) in [5, 5.41) is 11.7. The van der Waals surface area contributed by atoms with Crippen molar-refractivity contribution in [2.24, 2.45) is 0 Å². The van der Waals surface area contributed by atoms with E-state index in [1.54, 1.807) is 4.90 Å². The molecule has 6 nitrogen and oxygen atoms in total. The summed E-state index contributed by atoms with van der Waals surface area (Å²) < 4.78 is 5.30. The lowest BCUT2D eigenvalue weighted by Gasteiger charge is -2.47. The maximum Gasteiger partial charge on any atom is 0.329 e. The molecular formula is C15H28N2O4. The predicted molar refractivity (Wildman–Crippen MR) is 80.3 cm³/mol. The van der Waals surface area contributed by atoms with E-state index in [1.807, 2.05) is 6.92 Å². The van der Waals surface area contributed by atoms with Gasteiger partial charge in [0, 0.05) is 6.04 Å². The standard InChI is InChI=1S/C15H28N2O4/c1-4-6-8-12(7-5-2)16-14(20)17-10-15(3,11-17)21-9-13(18)19/h12H,4-11H2,1-3H3,(H,16,20)(H,18,19). The van der Waals surface area contributed by atoms with E-state index in [4.69, 9.17) is 9.84 Å². The van der Waals surface area contributed by atoms with E-state index >= 15 is 0 Å². The average Bonchev–Trinajstić information content (AvgIpc) is 2.39. The van der Waals surface area contributed by atoms with E-state index in [2.05, 4.69) is 19.2 Å². The van der Waals surface area contributed by atoms with E-state index in [0.717, 1.165) is 32.1 Å². The molecule has 0 aromatic heterocycles. The molecule has 1 aliphatic rings. The van der Waals surface area contributed by atoms with Crippen LogP contribution in [0.1, 0.15) is 52.9 Å². The molecule has 1 heterocycles. The van der Waals surface area contributed by atoms with Crippen LogP contribution in [0.25, 0.3) is 0 Å². The van der Waals surface area contributed by atoms with Gasteiger partial charge in [-0.25, -0.2) is 9.59 Å². The van der Waals surface area contributed by atoms with E-state index in [0.29, 0.717) is 13.1 Å². The number of likely N-dealkylation sites (tertiary alicyclic amines) is 1. The number of carboxylic acid groups (broad SMARTS) is 1. The molecule has 2 amide bonds. The van der Waals surface area contributed by atoms with Gasteiger partial charge in [0.15, 0.2) is 0 Å². The van der Waals surface area contributed by atoms with E-state index in [9.17, 15) is 9.59 Å².